The van der Waals surface area contributed by atoms with Crippen LogP contribution in [0.15, 0.2) is 88.4 Å². The molecule has 224 valence electrons. The molecule has 3 aliphatic rings. The Kier molecular flexibility index (Phi) is 8.28. The van der Waals surface area contributed by atoms with Crippen LogP contribution in [0.1, 0.15) is 37.3 Å². The highest BCUT2D eigenvalue weighted by Gasteiger charge is 2.57. The first-order chi connectivity index (χ1) is 21.1. The molecule has 0 bridgehead atoms. The zero-order chi connectivity index (χ0) is 31.1. The van der Waals surface area contributed by atoms with Crippen LogP contribution in [-0.2, 0) is 14.2 Å². The van der Waals surface area contributed by atoms with Gasteiger partial charge in [-0.25, -0.2) is 4.90 Å². The van der Waals surface area contributed by atoms with Crippen molar-refractivity contribution in [1.29, 1.82) is 0 Å². The number of nitrogens with zero attached hydrogens (tertiary/aromatic N) is 2. The van der Waals surface area contributed by atoms with Crippen LogP contribution in [-0.4, -0.2) is 40.1 Å². The number of carbonyl (C=O) groups excluding carboxylic acids is 2. The van der Waals surface area contributed by atoms with Gasteiger partial charge in [-0.1, -0.05) is 57.9 Å². The molecule has 0 radical (unpaired) electrons. The molecule has 2 fully saturated rings. The molecule has 2 amide bonds. The number of aromatic hydroxyl groups is 1. The maximum Gasteiger partial charge on any atom is 0.455 e. The summed E-state index contributed by atoms with van der Waals surface area (Å²) in [6, 6.07) is 20.6. The maximum atomic E-state index is 13.9. The van der Waals surface area contributed by atoms with Crippen LogP contribution in [0.2, 0.25) is 6.32 Å². The first-order valence-corrected chi connectivity index (χ1v) is 15.3. The Morgan fingerprint density at radius 1 is 1.09 bits per heavy atom. The topological polar surface area (TPSA) is 130 Å². The van der Waals surface area contributed by atoms with Gasteiger partial charge in [0.15, 0.2) is 0 Å². The third-order valence-corrected chi connectivity index (χ3v) is 9.38. The number of phenolic OH excluding ortho intramolecular Hbond substituents is 1. The molecule has 2 aliphatic heterocycles. The molecule has 1 aliphatic carbocycles. The predicted molar refractivity (Wildman–Crippen MR) is 170 cm³/mol. The van der Waals surface area contributed by atoms with Gasteiger partial charge in [0.2, 0.25) is 11.8 Å². The molecular formula is C33H30BBrN2O7. The normalized spacial score (nSPS) is 23.6. The Bertz CT molecular complexity index is 1710. The Morgan fingerprint density at radius 2 is 1.86 bits per heavy atom. The van der Waals surface area contributed by atoms with E-state index >= 15 is 0 Å². The minimum absolute atomic E-state index is 0.153. The molecule has 4 atom stereocenters. The quantitative estimate of drug-likeness (QED) is 0.0751. The second-order valence-electron chi connectivity index (χ2n) is 11.6. The van der Waals surface area contributed by atoms with E-state index in [9.17, 15) is 29.8 Å². The molecule has 2 N–H and O–H groups in total. The van der Waals surface area contributed by atoms with Crippen LogP contribution in [0.5, 0.6) is 5.75 Å². The summed E-state index contributed by atoms with van der Waals surface area (Å²) < 4.78 is 6.93. The number of allylic oxidation sites excluding steroid dienone is 2. The number of amides is 2. The van der Waals surface area contributed by atoms with Crippen molar-refractivity contribution in [2.45, 2.75) is 38.6 Å². The van der Waals surface area contributed by atoms with Crippen molar-refractivity contribution < 1.29 is 29.3 Å². The number of halogens is 1. The Labute approximate surface area is 263 Å². The van der Waals surface area contributed by atoms with Gasteiger partial charge in [-0.05, 0) is 85.5 Å². The lowest BCUT2D eigenvalue weighted by atomic mass is 9.58. The molecule has 0 saturated carbocycles. The molecule has 0 aromatic heterocycles. The average Bonchev–Trinajstić information content (AvgIpc) is 3.25. The minimum Gasteiger partial charge on any atom is -0.507 e. The molecule has 2 saturated heterocycles. The minimum atomic E-state index is -1.12. The SMILES string of the molecule is CC1=C2[C@@H](CC/C(=C/c3cc(Br)ccc3O)c3ccccc3)OB(O)C[C@@H]2[C@@H]2C(=O)N(c3cccc([N+](=O)[O-])c3)C(=O)[C@@H]2C1. The van der Waals surface area contributed by atoms with Gasteiger partial charge in [-0.2, -0.15) is 0 Å². The van der Waals surface area contributed by atoms with E-state index in [2.05, 4.69) is 15.9 Å². The predicted octanol–water partition coefficient (Wildman–Crippen LogP) is 6.41. The number of carbonyl (C=O) groups is 2. The molecule has 44 heavy (non-hydrogen) atoms. The number of non-ortho nitro benzene ring substituents is 1. The fourth-order valence-corrected chi connectivity index (χ4v) is 7.37. The molecule has 6 rings (SSSR count). The lowest BCUT2D eigenvalue weighted by Gasteiger charge is -2.42. The number of imide groups is 1. The summed E-state index contributed by atoms with van der Waals surface area (Å²) in [5, 5.41) is 32.8. The molecule has 0 spiro atoms. The van der Waals surface area contributed by atoms with Crippen LogP contribution in [0.25, 0.3) is 11.6 Å². The number of nitro groups is 1. The summed E-state index contributed by atoms with van der Waals surface area (Å²) in [4.78, 5) is 39.4. The van der Waals surface area contributed by atoms with Gasteiger partial charge in [0.25, 0.3) is 5.69 Å². The van der Waals surface area contributed by atoms with Crippen LogP contribution in [0.3, 0.4) is 0 Å². The molecule has 9 nitrogen and oxygen atoms in total. The van der Waals surface area contributed by atoms with Crippen molar-refractivity contribution in [2.24, 2.45) is 17.8 Å². The zero-order valence-corrected chi connectivity index (χ0v) is 25.5. The van der Waals surface area contributed by atoms with Gasteiger partial charge in [0.1, 0.15) is 5.75 Å². The van der Waals surface area contributed by atoms with E-state index in [0.29, 0.717) is 24.8 Å². The van der Waals surface area contributed by atoms with E-state index < -0.39 is 41.8 Å². The molecule has 2 heterocycles. The van der Waals surface area contributed by atoms with Gasteiger partial charge in [0.05, 0.1) is 28.6 Å². The summed E-state index contributed by atoms with van der Waals surface area (Å²) in [5.41, 5.74) is 4.50. The number of hydrogen-bond acceptors (Lipinski definition) is 7. The monoisotopic (exact) mass is 656 g/mol. The van der Waals surface area contributed by atoms with Crippen LogP contribution >= 0.6 is 15.9 Å². The number of hydrogen-bond donors (Lipinski definition) is 2. The first kappa shape index (κ1) is 30.0. The van der Waals surface area contributed by atoms with Crippen molar-refractivity contribution in [3.8, 4) is 5.75 Å². The van der Waals surface area contributed by atoms with Crippen molar-refractivity contribution in [3.63, 3.8) is 0 Å². The van der Waals surface area contributed by atoms with Gasteiger partial charge in [-0.3, -0.25) is 19.7 Å². The van der Waals surface area contributed by atoms with Crippen molar-refractivity contribution in [3.05, 3.63) is 110 Å². The fraction of sp³-hybridized carbons (Fsp3) is 0.273. The van der Waals surface area contributed by atoms with Gasteiger partial charge >= 0.3 is 7.12 Å². The number of benzene rings is 3. The van der Waals surface area contributed by atoms with E-state index in [1.165, 1.54) is 24.3 Å². The standard InChI is InChI=1S/C33H30BBrN2O7/c1-19-14-26-31(33(40)36(32(26)39)24-8-5-9-25(17-24)37(42)43)27-18-34(41)44-29(30(19)27)13-10-21(20-6-3-2-4-7-20)15-22-16-23(35)11-12-28(22)38/h2-9,11-12,15-17,26-27,29,31,38,41H,10,13-14,18H2,1H3/b21-15-/t26-,27+,29-,31-/m1/s1. The lowest BCUT2D eigenvalue weighted by molar-refractivity contribution is -0.384. The fourth-order valence-electron chi connectivity index (χ4n) is 6.99. The Balaban J connectivity index is 1.30. The summed E-state index contributed by atoms with van der Waals surface area (Å²) in [7, 11) is -1.12. The van der Waals surface area contributed by atoms with Gasteiger partial charge in [-0.15, -0.1) is 0 Å². The third-order valence-electron chi connectivity index (χ3n) is 8.89. The van der Waals surface area contributed by atoms with Crippen molar-refractivity contribution >= 4 is 57.9 Å². The number of rotatable bonds is 7. The van der Waals surface area contributed by atoms with Crippen LogP contribution < -0.4 is 4.90 Å². The van der Waals surface area contributed by atoms with Gasteiger partial charge < -0.3 is 14.8 Å². The molecule has 11 heteroatoms. The van der Waals surface area contributed by atoms with Crippen LogP contribution in [0, 0.1) is 27.9 Å². The number of phenols is 1. The summed E-state index contributed by atoms with van der Waals surface area (Å²) in [5.74, 6) is -2.33. The van der Waals surface area contributed by atoms with E-state index in [1.54, 1.807) is 12.1 Å². The van der Waals surface area contributed by atoms with E-state index in [1.807, 2.05) is 49.4 Å². The number of nitro benzene ring substituents is 1. The van der Waals surface area contributed by atoms with Gasteiger partial charge in [0, 0.05) is 22.2 Å². The van der Waals surface area contributed by atoms with E-state index in [0.717, 1.165) is 31.7 Å². The zero-order valence-electron chi connectivity index (χ0n) is 23.9. The second kappa shape index (κ2) is 12.1. The largest absolute Gasteiger partial charge is 0.507 e. The second-order valence-corrected chi connectivity index (χ2v) is 12.5. The molecular weight excluding hydrogens is 627 g/mol. The highest BCUT2D eigenvalue weighted by atomic mass is 79.9. The molecule has 3 aromatic carbocycles. The highest BCUT2D eigenvalue weighted by molar-refractivity contribution is 9.10. The van der Waals surface area contributed by atoms with E-state index in [4.69, 9.17) is 4.65 Å². The summed E-state index contributed by atoms with van der Waals surface area (Å²) >= 11 is 3.48. The lowest BCUT2D eigenvalue weighted by Crippen LogP contribution is -2.46. The maximum absolute atomic E-state index is 13.9. The smallest absolute Gasteiger partial charge is 0.455 e. The first-order valence-electron chi connectivity index (χ1n) is 14.5. The van der Waals surface area contributed by atoms with E-state index in [-0.39, 0.29) is 29.4 Å². The Morgan fingerprint density at radius 3 is 2.61 bits per heavy atom. The average molecular weight is 657 g/mol. The number of fused-ring (bicyclic) bond motifs is 3. The molecule has 0 unspecified atom stereocenters. The molecule has 3 aromatic rings. The van der Waals surface area contributed by atoms with Crippen molar-refractivity contribution in [2.75, 3.05) is 4.90 Å². The summed E-state index contributed by atoms with van der Waals surface area (Å²) in [6.45, 7) is 1.95. The number of anilines is 1. The summed E-state index contributed by atoms with van der Waals surface area (Å²) in [6.07, 6.45) is 3.07. The highest BCUT2D eigenvalue weighted by Crippen LogP contribution is 2.51. The van der Waals surface area contributed by atoms with Crippen molar-refractivity contribution in [1.82, 2.24) is 0 Å². The Hall–Kier alpha value is -4.06. The van der Waals surface area contributed by atoms with Crippen LogP contribution in [0.4, 0.5) is 11.4 Å². The third kappa shape index (κ3) is 5.63.